The van der Waals surface area contributed by atoms with Crippen molar-refractivity contribution in [2.45, 2.75) is 52.7 Å². The number of rotatable bonds is 1. The standard InChI is InChI=1S/C17H27NO/c1-11-7-12(2)16(13(3)8-11)17(19)9-15(5)18(6)10-14(17)4/h7-8,14-15,19H,9-10H2,1-6H3/t14-,15+,17-/m0/s1. The lowest BCUT2D eigenvalue weighted by molar-refractivity contribution is -0.0851. The number of aliphatic hydroxyl groups is 1. The number of hydrogen-bond acceptors (Lipinski definition) is 2. The summed E-state index contributed by atoms with van der Waals surface area (Å²) in [5, 5.41) is 11.3. The quantitative estimate of drug-likeness (QED) is 0.839. The molecule has 2 rings (SSSR count). The number of likely N-dealkylation sites (tertiary alicyclic amines) is 1. The van der Waals surface area contributed by atoms with Crippen LogP contribution in [0.3, 0.4) is 0 Å². The first-order chi connectivity index (χ1) is 8.75. The lowest BCUT2D eigenvalue weighted by atomic mass is 9.71. The van der Waals surface area contributed by atoms with Crippen molar-refractivity contribution in [3.8, 4) is 0 Å². The van der Waals surface area contributed by atoms with E-state index in [0.717, 1.165) is 18.5 Å². The minimum atomic E-state index is -0.687. The number of nitrogens with zero attached hydrogens (tertiary/aromatic N) is 1. The molecular formula is C17H27NO. The van der Waals surface area contributed by atoms with E-state index in [0.29, 0.717) is 6.04 Å². The average Bonchev–Trinajstić information content (AvgIpc) is 2.25. The maximum absolute atomic E-state index is 11.3. The van der Waals surface area contributed by atoms with Gasteiger partial charge in [0, 0.05) is 18.5 Å². The second kappa shape index (κ2) is 4.92. The van der Waals surface area contributed by atoms with Gasteiger partial charge >= 0.3 is 0 Å². The van der Waals surface area contributed by atoms with Crippen LogP contribution >= 0.6 is 0 Å². The van der Waals surface area contributed by atoms with Crippen LogP contribution in [-0.2, 0) is 5.60 Å². The molecule has 1 saturated heterocycles. The molecule has 1 heterocycles. The number of hydrogen-bond donors (Lipinski definition) is 1. The lowest BCUT2D eigenvalue weighted by Gasteiger charge is -2.47. The molecule has 1 aliphatic heterocycles. The normalized spacial score (nSPS) is 32.6. The Kier molecular flexibility index (Phi) is 3.76. The highest BCUT2D eigenvalue weighted by atomic mass is 16.3. The molecule has 0 saturated carbocycles. The molecule has 106 valence electrons. The zero-order valence-electron chi connectivity index (χ0n) is 13.1. The van der Waals surface area contributed by atoms with E-state index in [1.54, 1.807) is 0 Å². The average molecular weight is 261 g/mol. The van der Waals surface area contributed by atoms with E-state index in [4.69, 9.17) is 0 Å². The minimum absolute atomic E-state index is 0.258. The topological polar surface area (TPSA) is 23.5 Å². The first kappa shape index (κ1) is 14.5. The Morgan fingerprint density at radius 3 is 2.21 bits per heavy atom. The van der Waals surface area contributed by atoms with Crippen molar-refractivity contribution in [3.63, 3.8) is 0 Å². The van der Waals surface area contributed by atoms with Crippen LogP contribution in [0.4, 0.5) is 0 Å². The van der Waals surface area contributed by atoms with Gasteiger partial charge in [0.05, 0.1) is 5.60 Å². The molecule has 1 aliphatic rings. The summed E-state index contributed by atoms with van der Waals surface area (Å²) in [5.41, 5.74) is 4.20. The number of piperidine rings is 1. The van der Waals surface area contributed by atoms with Crippen LogP contribution in [-0.4, -0.2) is 29.6 Å². The highest BCUT2D eigenvalue weighted by Crippen LogP contribution is 2.42. The van der Waals surface area contributed by atoms with Gasteiger partial charge in [0.15, 0.2) is 0 Å². The van der Waals surface area contributed by atoms with Gasteiger partial charge in [-0.3, -0.25) is 0 Å². The van der Waals surface area contributed by atoms with Crippen molar-refractivity contribution < 1.29 is 5.11 Å². The molecule has 19 heavy (non-hydrogen) atoms. The zero-order valence-corrected chi connectivity index (χ0v) is 13.1. The molecule has 3 atom stereocenters. The summed E-state index contributed by atoms with van der Waals surface area (Å²) in [7, 11) is 2.15. The molecule has 0 aliphatic carbocycles. The molecular weight excluding hydrogens is 234 g/mol. The van der Waals surface area contributed by atoms with E-state index in [-0.39, 0.29) is 5.92 Å². The van der Waals surface area contributed by atoms with Gasteiger partial charge in [-0.15, -0.1) is 0 Å². The zero-order chi connectivity index (χ0) is 14.4. The Hall–Kier alpha value is -0.860. The summed E-state index contributed by atoms with van der Waals surface area (Å²) in [6.07, 6.45) is 0.815. The molecule has 0 aromatic heterocycles. The molecule has 0 unspecified atom stereocenters. The number of benzene rings is 1. The third-order valence-electron chi connectivity index (χ3n) is 4.85. The molecule has 2 nitrogen and oxygen atoms in total. The van der Waals surface area contributed by atoms with Gasteiger partial charge in [0.1, 0.15) is 0 Å². The molecule has 0 spiro atoms. The first-order valence-corrected chi connectivity index (χ1v) is 7.26. The van der Waals surface area contributed by atoms with Gasteiger partial charge < -0.3 is 10.0 Å². The predicted molar refractivity (Wildman–Crippen MR) is 80.4 cm³/mol. The highest BCUT2D eigenvalue weighted by molar-refractivity contribution is 5.42. The fourth-order valence-electron chi connectivity index (χ4n) is 3.78. The van der Waals surface area contributed by atoms with E-state index in [9.17, 15) is 5.11 Å². The Morgan fingerprint density at radius 1 is 1.16 bits per heavy atom. The Bertz CT molecular complexity index is 459. The summed E-state index contributed by atoms with van der Waals surface area (Å²) < 4.78 is 0. The van der Waals surface area contributed by atoms with Gasteiger partial charge in [0.25, 0.3) is 0 Å². The van der Waals surface area contributed by atoms with Crippen LogP contribution in [0.5, 0.6) is 0 Å². The summed E-state index contributed by atoms with van der Waals surface area (Å²) in [6.45, 7) is 11.7. The van der Waals surface area contributed by atoms with Gasteiger partial charge in [-0.1, -0.05) is 24.6 Å². The maximum atomic E-state index is 11.3. The molecule has 0 radical (unpaired) electrons. The van der Waals surface area contributed by atoms with Crippen LogP contribution in [0.25, 0.3) is 0 Å². The van der Waals surface area contributed by atoms with Gasteiger partial charge in [-0.2, -0.15) is 0 Å². The van der Waals surface area contributed by atoms with E-state index in [1.807, 2.05) is 0 Å². The summed E-state index contributed by atoms with van der Waals surface area (Å²) >= 11 is 0. The molecule has 1 N–H and O–H groups in total. The second-order valence-electron chi connectivity index (χ2n) is 6.59. The lowest BCUT2D eigenvalue weighted by Crippen LogP contribution is -2.52. The predicted octanol–water partition coefficient (Wildman–Crippen LogP) is 3.16. The Balaban J connectivity index is 2.50. The summed E-state index contributed by atoms with van der Waals surface area (Å²) in [5.74, 6) is 0.258. The Labute approximate surface area is 117 Å². The Morgan fingerprint density at radius 2 is 1.68 bits per heavy atom. The molecule has 0 bridgehead atoms. The largest absolute Gasteiger partial charge is 0.385 e. The van der Waals surface area contributed by atoms with Crippen molar-refractivity contribution in [2.24, 2.45) is 5.92 Å². The molecule has 0 amide bonds. The molecule has 2 heteroatoms. The van der Waals surface area contributed by atoms with Gasteiger partial charge in [0.2, 0.25) is 0 Å². The van der Waals surface area contributed by atoms with Crippen molar-refractivity contribution in [3.05, 3.63) is 34.4 Å². The third kappa shape index (κ3) is 2.44. The SMILES string of the molecule is Cc1cc(C)c([C@]2(O)C[C@@H](C)N(C)C[C@@H]2C)c(C)c1. The minimum Gasteiger partial charge on any atom is -0.385 e. The monoisotopic (exact) mass is 261 g/mol. The highest BCUT2D eigenvalue weighted by Gasteiger charge is 2.43. The fourth-order valence-corrected chi connectivity index (χ4v) is 3.78. The van der Waals surface area contributed by atoms with E-state index >= 15 is 0 Å². The van der Waals surface area contributed by atoms with E-state index in [2.05, 4.69) is 58.7 Å². The molecule has 1 aromatic carbocycles. The third-order valence-corrected chi connectivity index (χ3v) is 4.85. The van der Waals surface area contributed by atoms with Crippen LogP contribution in [0.1, 0.15) is 42.5 Å². The summed E-state index contributed by atoms with van der Waals surface area (Å²) in [4.78, 5) is 2.35. The van der Waals surface area contributed by atoms with Crippen LogP contribution < -0.4 is 0 Å². The molecule has 1 fully saturated rings. The van der Waals surface area contributed by atoms with Crippen LogP contribution in [0, 0.1) is 26.7 Å². The number of aryl methyl sites for hydroxylation is 3. The van der Waals surface area contributed by atoms with Crippen molar-refractivity contribution >= 4 is 0 Å². The second-order valence-corrected chi connectivity index (χ2v) is 6.59. The summed E-state index contributed by atoms with van der Waals surface area (Å²) in [6, 6.07) is 4.80. The smallest absolute Gasteiger partial charge is 0.0954 e. The van der Waals surface area contributed by atoms with Gasteiger partial charge in [-0.05, 0) is 57.9 Å². The van der Waals surface area contributed by atoms with E-state index < -0.39 is 5.60 Å². The van der Waals surface area contributed by atoms with Crippen molar-refractivity contribution in [1.82, 2.24) is 4.90 Å². The van der Waals surface area contributed by atoms with Crippen molar-refractivity contribution in [2.75, 3.05) is 13.6 Å². The maximum Gasteiger partial charge on any atom is 0.0954 e. The molecule has 1 aromatic rings. The fraction of sp³-hybridized carbons (Fsp3) is 0.647. The van der Waals surface area contributed by atoms with Gasteiger partial charge in [-0.25, -0.2) is 0 Å². The van der Waals surface area contributed by atoms with Crippen molar-refractivity contribution in [1.29, 1.82) is 0 Å². The van der Waals surface area contributed by atoms with E-state index in [1.165, 1.54) is 16.7 Å². The van der Waals surface area contributed by atoms with Crippen LogP contribution in [0.2, 0.25) is 0 Å². The first-order valence-electron chi connectivity index (χ1n) is 7.26. The van der Waals surface area contributed by atoms with Crippen LogP contribution in [0.15, 0.2) is 12.1 Å².